The van der Waals surface area contributed by atoms with Gasteiger partial charge in [0.15, 0.2) is 50.3 Å². The van der Waals surface area contributed by atoms with Crippen molar-refractivity contribution in [2.75, 3.05) is 52.9 Å². The van der Waals surface area contributed by atoms with E-state index in [-0.39, 0.29) is 0 Å². The number of hydrogen-bond acceptors (Lipinski definition) is 41. The lowest BCUT2D eigenvalue weighted by atomic mass is 9.95. The largest absolute Gasteiger partial charge is 0.394 e. The Morgan fingerprint density at radius 2 is 0.576 bits per heavy atom. The SMILES string of the molecule is CC(=O)N[C@@H]1[C@@H](O)[C@H](O[C@@H]2O[C@H](CO[C@H]3O[C@H](CO[C@H]4O[C@H](CO)[C@@H](O)[C@H](O)[C@@H]4O[C@H]4O[C@H](CO)[C@@H](O)[C@H](O)[C@@H]4O)[C@@H](O)[C@H](O[C@H]4O[C@H](CO)[C@@H](O)[C@H](O)[C@@H]4O)[C@@H]3O)[C@@H](O)[C@H](O[C@H]3O[C@H](CO)[C@@H](O)[C@H](O)[C@@H]3O[C@H]3O[C@H](CO)[C@@H](O)[C@H](O)[C@@H]3O)[C@@H]2O)[C@@H](CO)O[C@H]1O. The number of nitrogens with one attached hydrogen (secondary N) is 1. The van der Waals surface area contributed by atoms with Gasteiger partial charge >= 0.3 is 0 Å². The van der Waals surface area contributed by atoms with Crippen molar-refractivity contribution in [3.05, 3.63) is 0 Å². The molecule has 8 aliphatic rings. The van der Waals surface area contributed by atoms with Gasteiger partial charge in [0.05, 0.1) is 52.9 Å². The molecule has 1 amide bonds. The minimum atomic E-state index is -2.42. The molecule has 92 heavy (non-hydrogen) atoms. The smallest absolute Gasteiger partial charge is 0.217 e. The molecule has 0 spiro atoms. The molecule has 26 N–H and O–H groups in total. The van der Waals surface area contributed by atoms with Gasteiger partial charge in [-0.25, -0.2) is 0 Å². The fourth-order valence-electron chi connectivity index (χ4n) is 11.6. The molecule has 0 radical (unpaired) electrons. The molecule has 0 aromatic carbocycles. The minimum absolute atomic E-state index is 0.822. The van der Waals surface area contributed by atoms with Crippen LogP contribution in [-0.2, 0) is 75.8 Å². The van der Waals surface area contributed by atoms with Crippen molar-refractivity contribution in [3.63, 3.8) is 0 Å². The summed E-state index contributed by atoms with van der Waals surface area (Å²) in [5, 5.41) is 273. The van der Waals surface area contributed by atoms with E-state index >= 15 is 0 Å². The average molecular weight is 1360 g/mol. The summed E-state index contributed by atoms with van der Waals surface area (Å²) >= 11 is 0. The van der Waals surface area contributed by atoms with Gasteiger partial charge < -0.3 is 204 Å². The summed E-state index contributed by atoms with van der Waals surface area (Å²) in [6.07, 6.45) is -80.3. The second-order valence-electron chi connectivity index (χ2n) is 23.2. The quantitative estimate of drug-likeness (QED) is 0.0452. The molecule has 8 heterocycles. The second-order valence-corrected chi connectivity index (χ2v) is 23.2. The molecule has 0 saturated carbocycles. The van der Waals surface area contributed by atoms with Gasteiger partial charge in [0.2, 0.25) is 5.91 Å². The maximum Gasteiger partial charge on any atom is 0.217 e. The number of carbonyl (C=O) groups is 1. The van der Waals surface area contributed by atoms with Crippen LogP contribution in [0.2, 0.25) is 0 Å². The molecule has 8 rings (SSSR count). The maximum atomic E-state index is 12.2. The summed E-state index contributed by atoms with van der Waals surface area (Å²) in [6.45, 7) is -7.29. The van der Waals surface area contributed by atoms with Crippen LogP contribution in [-0.4, -0.2) is 432 Å². The van der Waals surface area contributed by atoms with Crippen molar-refractivity contribution in [2.45, 2.75) is 253 Å². The Morgan fingerprint density at radius 3 is 0.978 bits per heavy atom. The van der Waals surface area contributed by atoms with Crippen LogP contribution in [0.25, 0.3) is 0 Å². The van der Waals surface area contributed by atoms with Crippen molar-refractivity contribution < 1.29 is 204 Å². The maximum absolute atomic E-state index is 12.2. The van der Waals surface area contributed by atoms with Crippen LogP contribution in [0.15, 0.2) is 0 Å². The number of aliphatic hydroxyl groups excluding tert-OH is 25. The number of amides is 1. The van der Waals surface area contributed by atoms with E-state index < -0.39 is 304 Å². The molecule has 42 heteroatoms. The molecule has 0 aliphatic carbocycles. The Balaban J connectivity index is 1.11. The lowest BCUT2D eigenvalue weighted by molar-refractivity contribution is -0.398. The highest BCUT2D eigenvalue weighted by Gasteiger charge is 2.59. The highest BCUT2D eigenvalue weighted by Crippen LogP contribution is 2.38. The van der Waals surface area contributed by atoms with Crippen LogP contribution < -0.4 is 5.32 Å². The fourth-order valence-corrected chi connectivity index (χ4v) is 11.6. The first-order chi connectivity index (χ1) is 43.5. The van der Waals surface area contributed by atoms with Crippen LogP contribution in [0.3, 0.4) is 0 Å². The summed E-state index contributed by atoms with van der Waals surface area (Å²) in [5.41, 5.74) is 0. The Kier molecular flexibility index (Phi) is 26.9. The molecule has 8 aliphatic heterocycles. The van der Waals surface area contributed by atoms with Crippen LogP contribution in [0.4, 0.5) is 0 Å². The normalized spacial score (nSPS) is 52.2. The Morgan fingerprint density at radius 1 is 0.283 bits per heavy atom. The van der Waals surface area contributed by atoms with E-state index in [1.54, 1.807) is 0 Å². The van der Waals surface area contributed by atoms with E-state index in [1.165, 1.54) is 0 Å². The van der Waals surface area contributed by atoms with E-state index in [9.17, 15) is 132 Å². The summed E-state index contributed by atoms with van der Waals surface area (Å²) < 4.78 is 86.1. The molecule has 0 unspecified atom stereocenters. The van der Waals surface area contributed by atoms with E-state index in [4.69, 9.17) is 71.1 Å². The first-order valence-electron chi connectivity index (χ1n) is 29.2. The number of hydrogen-bond donors (Lipinski definition) is 26. The highest BCUT2D eigenvalue weighted by atomic mass is 16.8. The molecule has 0 aromatic heterocycles. The molecule has 0 bridgehead atoms. The zero-order valence-electron chi connectivity index (χ0n) is 48.5. The zero-order valence-corrected chi connectivity index (χ0v) is 48.5. The number of carbonyl (C=O) groups excluding carboxylic acids is 1. The molecule has 8 fully saturated rings. The third-order valence-electron chi connectivity index (χ3n) is 17.0. The van der Waals surface area contributed by atoms with Crippen LogP contribution in [0.5, 0.6) is 0 Å². The van der Waals surface area contributed by atoms with Crippen LogP contribution in [0, 0.1) is 0 Å². The van der Waals surface area contributed by atoms with E-state index in [0.29, 0.717) is 0 Å². The third kappa shape index (κ3) is 16.0. The predicted molar refractivity (Wildman–Crippen MR) is 276 cm³/mol. The van der Waals surface area contributed by atoms with Gasteiger partial charge in [-0.3, -0.25) is 4.79 Å². The average Bonchev–Trinajstić information content (AvgIpc) is 0.827. The first kappa shape index (κ1) is 75.6. The number of aliphatic hydroxyl groups is 25. The summed E-state index contributed by atoms with van der Waals surface area (Å²) in [5.74, 6) is -0.822. The van der Waals surface area contributed by atoms with Gasteiger partial charge in [-0.2, -0.15) is 0 Å². The zero-order chi connectivity index (χ0) is 67.6. The standard InChI is InChI=1S/C50H85NO41/c1-10(58)51-19-27(66)38(16(7-57)80-43(19)77)88-48-37(76)40(90-50-42(32(71)24(63)15(6-56)85-50)92-47-35(74)30(69)22(61)13(4-54)83-47)26(65)18(87-48)8-78-44-36(75)39(89-45-33(72)28(67)20(59)11(2-52)81-45)25(64)17(86-44)9-79-49-41(31(70)23(62)14(5-55)84-49)91-46-34(73)29(68)21(60)12(3-53)82-46/h11-50,52-57,59-77H,2-9H2,1H3,(H,51,58)/t11-,12-,13-,14-,15-,16-,17-,18-,19-,20-,21-,22-,23-,24-,25-,26-,27-,28+,29+,30+,31+,32+,33+,34+,35+,36+,37+,38-,39+,40+,41+,42+,43-,44+,45-,46-,47-,48+,49+,50-/m1/s1. The molecule has 8 saturated heterocycles. The van der Waals surface area contributed by atoms with Gasteiger partial charge in [0.25, 0.3) is 0 Å². The molecule has 0 aromatic rings. The third-order valence-corrected chi connectivity index (χ3v) is 17.0. The van der Waals surface area contributed by atoms with Gasteiger partial charge in [-0.1, -0.05) is 0 Å². The summed E-state index contributed by atoms with van der Waals surface area (Å²) in [7, 11) is 0. The Labute approximate surface area is 519 Å². The lowest BCUT2D eigenvalue weighted by Crippen LogP contribution is -2.69. The van der Waals surface area contributed by atoms with Crippen molar-refractivity contribution in [1.82, 2.24) is 5.32 Å². The van der Waals surface area contributed by atoms with Gasteiger partial charge in [-0.15, -0.1) is 0 Å². The van der Waals surface area contributed by atoms with E-state index in [1.807, 2.05) is 0 Å². The van der Waals surface area contributed by atoms with Crippen molar-refractivity contribution in [2.24, 2.45) is 0 Å². The van der Waals surface area contributed by atoms with Crippen molar-refractivity contribution >= 4 is 5.91 Å². The summed E-state index contributed by atoms with van der Waals surface area (Å²) in [6, 6.07) is -1.72. The van der Waals surface area contributed by atoms with E-state index in [0.717, 1.165) is 6.92 Å². The molecule has 40 atom stereocenters. The molecule has 536 valence electrons. The molecule has 42 nitrogen and oxygen atoms in total. The van der Waals surface area contributed by atoms with Gasteiger partial charge in [0, 0.05) is 6.92 Å². The van der Waals surface area contributed by atoms with Gasteiger partial charge in [-0.05, 0) is 0 Å². The topological polar surface area (TPSA) is 673 Å². The highest BCUT2D eigenvalue weighted by molar-refractivity contribution is 5.73. The van der Waals surface area contributed by atoms with E-state index in [2.05, 4.69) is 5.32 Å². The fraction of sp³-hybridized carbons (Fsp3) is 0.980. The van der Waals surface area contributed by atoms with Gasteiger partial charge in [0.1, 0.15) is 195 Å². The lowest BCUT2D eigenvalue weighted by Gasteiger charge is -2.50. The predicted octanol–water partition coefficient (Wildman–Crippen LogP) is -18.3. The summed E-state index contributed by atoms with van der Waals surface area (Å²) in [4.78, 5) is 12.2. The molecular weight excluding hydrogens is 1270 g/mol. The monoisotopic (exact) mass is 1360 g/mol. The first-order valence-corrected chi connectivity index (χ1v) is 29.2. The van der Waals surface area contributed by atoms with Crippen molar-refractivity contribution in [3.8, 4) is 0 Å². The minimum Gasteiger partial charge on any atom is -0.394 e. The number of rotatable bonds is 23. The Hall–Kier alpha value is -2.13. The molecular formula is C50H85NO41. The van der Waals surface area contributed by atoms with Crippen molar-refractivity contribution in [1.29, 1.82) is 0 Å². The van der Waals surface area contributed by atoms with Crippen LogP contribution >= 0.6 is 0 Å². The number of ether oxygens (including phenoxy) is 15. The second kappa shape index (κ2) is 32.7. The Bertz CT molecular complexity index is 2260. The van der Waals surface area contributed by atoms with Crippen LogP contribution in [0.1, 0.15) is 6.92 Å².